The van der Waals surface area contributed by atoms with Crippen LogP contribution in [-0.4, -0.2) is 14.9 Å². The lowest BCUT2D eigenvalue weighted by Gasteiger charge is -2.02. The quantitative estimate of drug-likeness (QED) is 0.458. The van der Waals surface area contributed by atoms with Gasteiger partial charge in [-0.2, -0.15) is 0 Å². The summed E-state index contributed by atoms with van der Waals surface area (Å²) < 4.78 is 0. The molecule has 2 aromatic rings. The molecule has 2 rings (SSSR count). The van der Waals surface area contributed by atoms with Crippen molar-refractivity contribution >= 4 is 28.2 Å². The average molecular weight is 238 g/mol. The number of fused-ring (bicyclic) bond motifs is 1. The Morgan fingerprint density at radius 3 is 2.81 bits per heavy atom. The van der Waals surface area contributed by atoms with Gasteiger partial charge in [0, 0.05) is 12.5 Å². The maximum absolute atomic E-state index is 10.8. The van der Waals surface area contributed by atoms with E-state index in [1.165, 1.54) is 6.07 Å². The van der Waals surface area contributed by atoms with Crippen molar-refractivity contribution in [3.63, 3.8) is 0 Å². The number of halogens is 1. The minimum atomic E-state index is -0.483. The summed E-state index contributed by atoms with van der Waals surface area (Å²) in [6.45, 7) is 1.90. The SMILES string of the molecule is CCc1nc(Cl)c2c([N+](=O)[O-])cccc2n1. The number of rotatable bonds is 2. The third-order valence-corrected chi connectivity index (χ3v) is 2.49. The number of hydrogen-bond acceptors (Lipinski definition) is 4. The van der Waals surface area contributed by atoms with Crippen molar-refractivity contribution in [1.29, 1.82) is 0 Å². The van der Waals surface area contributed by atoms with Crippen LogP contribution < -0.4 is 0 Å². The lowest BCUT2D eigenvalue weighted by Crippen LogP contribution is -1.97. The van der Waals surface area contributed by atoms with E-state index in [-0.39, 0.29) is 10.8 Å². The molecule has 5 nitrogen and oxygen atoms in total. The van der Waals surface area contributed by atoms with Crippen LogP contribution in [0.15, 0.2) is 18.2 Å². The molecule has 0 spiro atoms. The third kappa shape index (κ3) is 1.69. The third-order valence-electron chi connectivity index (χ3n) is 2.22. The van der Waals surface area contributed by atoms with Crippen LogP contribution in [0.5, 0.6) is 0 Å². The van der Waals surface area contributed by atoms with Gasteiger partial charge in [-0.05, 0) is 6.07 Å². The van der Waals surface area contributed by atoms with Crippen molar-refractivity contribution in [2.45, 2.75) is 13.3 Å². The lowest BCUT2D eigenvalue weighted by molar-refractivity contribution is -0.383. The summed E-state index contributed by atoms with van der Waals surface area (Å²) in [5.74, 6) is 0.581. The molecule has 6 heteroatoms. The fourth-order valence-corrected chi connectivity index (χ4v) is 1.77. The summed E-state index contributed by atoms with van der Waals surface area (Å²) in [7, 11) is 0. The average Bonchev–Trinajstić information content (AvgIpc) is 2.27. The van der Waals surface area contributed by atoms with Gasteiger partial charge in [0.1, 0.15) is 16.4 Å². The first kappa shape index (κ1) is 10.8. The van der Waals surface area contributed by atoms with Gasteiger partial charge in [-0.3, -0.25) is 10.1 Å². The second kappa shape index (κ2) is 4.02. The highest BCUT2D eigenvalue weighted by Gasteiger charge is 2.16. The van der Waals surface area contributed by atoms with E-state index in [1.807, 2.05) is 6.92 Å². The number of non-ortho nitro benzene ring substituents is 1. The van der Waals surface area contributed by atoms with E-state index in [4.69, 9.17) is 11.6 Å². The highest BCUT2D eigenvalue weighted by atomic mass is 35.5. The van der Waals surface area contributed by atoms with Crippen molar-refractivity contribution in [1.82, 2.24) is 9.97 Å². The number of aromatic nitrogens is 2. The van der Waals surface area contributed by atoms with Gasteiger partial charge in [-0.25, -0.2) is 9.97 Å². The Morgan fingerprint density at radius 1 is 1.44 bits per heavy atom. The molecule has 0 aliphatic rings. The molecule has 82 valence electrons. The lowest BCUT2D eigenvalue weighted by atomic mass is 10.2. The molecule has 0 atom stereocenters. The van der Waals surface area contributed by atoms with Gasteiger partial charge in [-0.1, -0.05) is 24.6 Å². The van der Waals surface area contributed by atoms with Gasteiger partial charge in [0.05, 0.1) is 10.4 Å². The maximum Gasteiger partial charge on any atom is 0.281 e. The van der Waals surface area contributed by atoms with Gasteiger partial charge >= 0.3 is 0 Å². The van der Waals surface area contributed by atoms with Gasteiger partial charge in [0.25, 0.3) is 5.69 Å². The summed E-state index contributed by atoms with van der Waals surface area (Å²) in [5, 5.41) is 11.2. The van der Waals surface area contributed by atoms with Crippen LogP contribution in [0.2, 0.25) is 5.15 Å². The molecule has 0 N–H and O–H groups in total. The summed E-state index contributed by atoms with van der Waals surface area (Å²) in [6.07, 6.45) is 0.637. The minimum Gasteiger partial charge on any atom is -0.258 e. The number of benzene rings is 1. The van der Waals surface area contributed by atoms with Crippen LogP contribution in [0, 0.1) is 10.1 Å². The van der Waals surface area contributed by atoms with E-state index < -0.39 is 4.92 Å². The van der Waals surface area contributed by atoms with Gasteiger partial charge < -0.3 is 0 Å². The summed E-state index contributed by atoms with van der Waals surface area (Å²) in [4.78, 5) is 18.5. The zero-order chi connectivity index (χ0) is 11.7. The first-order chi connectivity index (χ1) is 7.63. The number of nitrogens with zero attached hydrogens (tertiary/aromatic N) is 3. The molecule has 0 aliphatic heterocycles. The molecule has 1 heterocycles. The van der Waals surface area contributed by atoms with Crippen LogP contribution in [-0.2, 0) is 6.42 Å². The Morgan fingerprint density at radius 2 is 2.19 bits per heavy atom. The van der Waals surface area contributed by atoms with Crippen molar-refractivity contribution < 1.29 is 4.92 Å². The number of hydrogen-bond donors (Lipinski definition) is 0. The summed E-state index contributed by atoms with van der Waals surface area (Å²) in [5.41, 5.74) is 0.441. The van der Waals surface area contributed by atoms with Crippen molar-refractivity contribution in [2.75, 3.05) is 0 Å². The molecule has 0 radical (unpaired) electrons. The summed E-state index contributed by atoms with van der Waals surface area (Å²) in [6, 6.07) is 4.67. The fraction of sp³-hybridized carbons (Fsp3) is 0.200. The molecule has 1 aromatic carbocycles. The summed E-state index contributed by atoms with van der Waals surface area (Å²) >= 11 is 5.93. The van der Waals surface area contributed by atoms with Gasteiger partial charge in [0.15, 0.2) is 0 Å². The molecule has 0 fully saturated rings. The van der Waals surface area contributed by atoms with Crippen LogP contribution in [0.1, 0.15) is 12.7 Å². The Labute approximate surface area is 96.2 Å². The molecular formula is C10H8ClN3O2. The molecule has 0 bridgehead atoms. The van der Waals surface area contributed by atoms with E-state index in [9.17, 15) is 10.1 Å². The predicted octanol–water partition coefficient (Wildman–Crippen LogP) is 2.75. The fourth-order valence-electron chi connectivity index (χ4n) is 1.48. The van der Waals surface area contributed by atoms with E-state index in [0.717, 1.165) is 0 Å². The molecule has 0 saturated carbocycles. The number of nitro benzene ring substituents is 1. The molecule has 1 aromatic heterocycles. The number of aryl methyl sites for hydroxylation is 1. The zero-order valence-electron chi connectivity index (χ0n) is 8.48. The van der Waals surface area contributed by atoms with E-state index in [0.29, 0.717) is 23.1 Å². The highest BCUT2D eigenvalue weighted by molar-refractivity contribution is 6.34. The Kier molecular flexibility index (Phi) is 2.70. The second-order valence-corrected chi connectivity index (χ2v) is 3.57. The second-order valence-electron chi connectivity index (χ2n) is 3.21. The predicted molar refractivity (Wildman–Crippen MR) is 60.6 cm³/mol. The van der Waals surface area contributed by atoms with E-state index in [2.05, 4.69) is 9.97 Å². The van der Waals surface area contributed by atoms with Crippen LogP contribution >= 0.6 is 11.6 Å². The Hall–Kier alpha value is -1.75. The monoisotopic (exact) mass is 237 g/mol. The van der Waals surface area contributed by atoms with Crippen molar-refractivity contribution in [3.05, 3.63) is 39.3 Å². The number of nitro groups is 1. The van der Waals surface area contributed by atoms with E-state index >= 15 is 0 Å². The van der Waals surface area contributed by atoms with Crippen molar-refractivity contribution in [2.24, 2.45) is 0 Å². The zero-order valence-corrected chi connectivity index (χ0v) is 9.23. The Balaban J connectivity index is 2.83. The normalized spacial score (nSPS) is 10.6. The van der Waals surface area contributed by atoms with Crippen LogP contribution in [0.3, 0.4) is 0 Å². The largest absolute Gasteiger partial charge is 0.281 e. The molecular weight excluding hydrogens is 230 g/mol. The highest BCUT2D eigenvalue weighted by Crippen LogP contribution is 2.29. The topological polar surface area (TPSA) is 68.9 Å². The van der Waals surface area contributed by atoms with Gasteiger partial charge in [-0.15, -0.1) is 0 Å². The maximum atomic E-state index is 10.8. The van der Waals surface area contributed by atoms with Gasteiger partial charge in [0.2, 0.25) is 0 Å². The van der Waals surface area contributed by atoms with Crippen LogP contribution in [0.4, 0.5) is 5.69 Å². The molecule has 0 saturated heterocycles. The first-order valence-corrected chi connectivity index (χ1v) is 5.10. The molecule has 0 amide bonds. The smallest absolute Gasteiger partial charge is 0.258 e. The van der Waals surface area contributed by atoms with Crippen LogP contribution in [0.25, 0.3) is 10.9 Å². The standard InChI is InChI=1S/C10H8ClN3O2/c1-2-8-12-6-4-3-5-7(14(15)16)9(6)10(11)13-8/h3-5H,2H2,1H3. The minimum absolute atomic E-state index is 0.0647. The van der Waals surface area contributed by atoms with Crippen molar-refractivity contribution in [3.8, 4) is 0 Å². The first-order valence-electron chi connectivity index (χ1n) is 4.73. The molecule has 0 aliphatic carbocycles. The van der Waals surface area contributed by atoms with E-state index in [1.54, 1.807) is 12.1 Å². The molecule has 16 heavy (non-hydrogen) atoms. The molecule has 0 unspecified atom stereocenters. The Bertz CT molecular complexity index is 571.